The van der Waals surface area contributed by atoms with Crippen LogP contribution in [0.4, 0.5) is 17.3 Å². The van der Waals surface area contributed by atoms with Crippen LogP contribution in [-0.4, -0.2) is 9.97 Å². The van der Waals surface area contributed by atoms with E-state index < -0.39 is 0 Å². The fourth-order valence-electron chi connectivity index (χ4n) is 2.33. The Morgan fingerprint density at radius 1 is 0.917 bits per heavy atom. The quantitative estimate of drug-likeness (QED) is 0.635. The molecular weight excluding hydrogens is 364 g/mol. The average Bonchev–Trinajstić information content (AvgIpc) is 2.54. The first-order valence-corrected chi connectivity index (χ1v) is 8.55. The van der Waals surface area contributed by atoms with Crippen molar-refractivity contribution in [2.45, 2.75) is 20.4 Å². The number of hydrogen-bond acceptors (Lipinski definition) is 4. The molecule has 0 unspecified atom stereocenters. The molecule has 1 aromatic heterocycles. The van der Waals surface area contributed by atoms with Crippen LogP contribution < -0.4 is 10.6 Å². The Kier molecular flexibility index (Phi) is 5.11. The second-order valence-electron chi connectivity index (χ2n) is 5.66. The number of aromatic nitrogens is 2. The fourth-order valence-corrected chi connectivity index (χ4v) is 2.73. The smallest absolute Gasteiger partial charge is 0.136 e. The molecule has 0 saturated heterocycles. The molecule has 2 aromatic carbocycles. The molecular formula is C19H19BrN4. The van der Waals surface area contributed by atoms with Crippen LogP contribution in [0.1, 0.15) is 17.0 Å². The number of nitrogens with zero attached hydrogens (tertiary/aromatic N) is 2. The minimum atomic E-state index is 0.724. The Balaban J connectivity index is 1.72. The van der Waals surface area contributed by atoms with Crippen molar-refractivity contribution in [1.29, 1.82) is 0 Å². The molecule has 122 valence electrons. The van der Waals surface area contributed by atoms with Gasteiger partial charge < -0.3 is 10.6 Å². The maximum atomic E-state index is 4.45. The molecule has 0 amide bonds. The van der Waals surface area contributed by atoms with Crippen molar-refractivity contribution in [3.05, 3.63) is 76.0 Å². The third-order valence-electron chi connectivity index (χ3n) is 3.53. The molecule has 0 radical (unpaired) electrons. The number of anilines is 3. The van der Waals surface area contributed by atoms with Gasteiger partial charge in [-0.25, -0.2) is 9.97 Å². The van der Waals surface area contributed by atoms with Crippen LogP contribution in [0.5, 0.6) is 0 Å². The van der Waals surface area contributed by atoms with Crippen LogP contribution in [0.15, 0.2) is 59.1 Å². The van der Waals surface area contributed by atoms with Gasteiger partial charge in [0.2, 0.25) is 0 Å². The third kappa shape index (κ3) is 4.55. The highest BCUT2D eigenvalue weighted by Gasteiger charge is 2.03. The van der Waals surface area contributed by atoms with Crippen LogP contribution in [0.2, 0.25) is 0 Å². The molecule has 5 heteroatoms. The Hall–Kier alpha value is -2.40. The molecule has 4 nitrogen and oxygen atoms in total. The number of hydrogen-bond donors (Lipinski definition) is 2. The van der Waals surface area contributed by atoms with Gasteiger partial charge in [-0.05, 0) is 37.6 Å². The zero-order valence-electron chi connectivity index (χ0n) is 13.7. The van der Waals surface area contributed by atoms with E-state index >= 15 is 0 Å². The minimum Gasteiger partial charge on any atom is -0.366 e. The monoisotopic (exact) mass is 382 g/mol. The SMILES string of the molecule is Cc1ccc(CNc2cc(Nc3cccc(Br)c3)nc(C)n2)cc1. The summed E-state index contributed by atoms with van der Waals surface area (Å²) >= 11 is 3.48. The Bertz CT molecular complexity index is 831. The van der Waals surface area contributed by atoms with Crippen LogP contribution >= 0.6 is 15.9 Å². The second kappa shape index (κ2) is 7.45. The van der Waals surface area contributed by atoms with Gasteiger partial charge in [0.25, 0.3) is 0 Å². The number of aryl methyl sites for hydroxylation is 2. The van der Waals surface area contributed by atoms with Crippen molar-refractivity contribution >= 4 is 33.3 Å². The summed E-state index contributed by atoms with van der Waals surface area (Å²) in [6.07, 6.45) is 0. The van der Waals surface area contributed by atoms with E-state index in [0.717, 1.165) is 34.2 Å². The number of rotatable bonds is 5. The lowest BCUT2D eigenvalue weighted by Gasteiger charge is -2.11. The first kappa shape index (κ1) is 16.5. The first-order chi connectivity index (χ1) is 11.6. The van der Waals surface area contributed by atoms with E-state index in [4.69, 9.17) is 0 Å². The maximum absolute atomic E-state index is 4.45. The Morgan fingerprint density at radius 3 is 2.42 bits per heavy atom. The predicted octanol–water partition coefficient (Wildman–Crippen LogP) is 5.21. The highest BCUT2D eigenvalue weighted by atomic mass is 79.9. The van der Waals surface area contributed by atoms with Gasteiger partial charge in [0.1, 0.15) is 17.5 Å². The van der Waals surface area contributed by atoms with Crippen LogP contribution in [0, 0.1) is 13.8 Å². The molecule has 0 aliphatic carbocycles. The lowest BCUT2D eigenvalue weighted by Crippen LogP contribution is -2.05. The van der Waals surface area contributed by atoms with Gasteiger partial charge in [0.05, 0.1) is 0 Å². The molecule has 3 rings (SSSR count). The van der Waals surface area contributed by atoms with Gasteiger partial charge in [0.15, 0.2) is 0 Å². The highest BCUT2D eigenvalue weighted by molar-refractivity contribution is 9.10. The summed E-state index contributed by atoms with van der Waals surface area (Å²) in [4.78, 5) is 8.90. The molecule has 0 fully saturated rings. The molecule has 0 atom stereocenters. The van der Waals surface area contributed by atoms with Crippen LogP contribution in [0.25, 0.3) is 0 Å². The molecule has 3 aromatic rings. The van der Waals surface area contributed by atoms with Crippen molar-refractivity contribution in [3.63, 3.8) is 0 Å². The number of benzene rings is 2. The molecule has 0 bridgehead atoms. The van der Waals surface area contributed by atoms with Crippen molar-refractivity contribution in [2.24, 2.45) is 0 Å². The molecule has 0 aliphatic rings. The van der Waals surface area contributed by atoms with Gasteiger partial charge in [-0.1, -0.05) is 51.8 Å². The Labute approximate surface area is 150 Å². The molecule has 0 saturated carbocycles. The fraction of sp³-hybridized carbons (Fsp3) is 0.158. The molecule has 2 N–H and O–H groups in total. The average molecular weight is 383 g/mol. The summed E-state index contributed by atoms with van der Waals surface area (Å²) in [5.41, 5.74) is 3.46. The van der Waals surface area contributed by atoms with Gasteiger partial charge in [-0.2, -0.15) is 0 Å². The maximum Gasteiger partial charge on any atom is 0.136 e. The topological polar surface area (TPSA) is 49.8 Å². The van der Waals surface area contributed by atoms with Crippen molar-refractivity contribution in [1.82, 2.24) is 9.97 Å². The van der Waals surface area contributed by atoms with E-state index in [2.05, 4.69) is 67.7 Å². The largest absolute Gasteiger partial charge is 0.366 e. The van der Waals surface area contributed by atoms with Crippen LogP contribution in [-0.2, 0) is 6.54 Å². The first-order valence-electron chi connectivity index (χ1n) is 7.76. The second-order valence-corrected chi connectivity index (χ2v) is 6.58. The van der Waals surface area contributed by atoms with E-state index in [9.17, 15) is 0 Å². The minimum absolute atomic E-state index is 0.724. The summed E-state index contributed by atoms with van der Waals surface area (Å²) in [5.74, 6) is 2.30. The third-order valence-corrected chi connectivity index (χ3v) is 4.02. The zero-order valence-corrected chi connectivity index (χ0v) is 15.3. The number of halogens is 1. The van der Waals surface area contributed by atoms with Crippen molar-refractivity contribution in [3.8, 4) is 0 Å². The van der Waals surface area contributed by atoms with E-state index in [1.54, 1.807) is 0 Å². The lowest BCUT2D eigenvalue weighted by molar-refractivity contribution is 1.02. The van der Waals surface area contributed by atoms with Crippen LogP contribution in [0.3, 0.4) is 0 Å². The predicted molar refractivity (Wildman–Crippen MR) is 103 cm³/mol. The Morgan fingerprint density at radius 2 is 1.67 bits per heavy atom. The van der Waals surface area contributed by atoms with Gasteiger partial charge in [-0.15, -0.1) is 0 Å². The number of nitrogens with one attached hydrogen (secondary N) is 2. The lowest BCUT2D eigenvalue weighted by atomic mass is 10.1. The summed E-state index contributed by atoms with van der Waals surface area (Å²) in [5, 5.41) is 6.67. The zero-order chi connectivity index (χ0) is 16.9. The molecule has 0 spiro atoms. The van der Waals surface area contributed by atoms with Crippen molar-refractivity contribution in [2.75, 3.05) is 10.6 Å². The molecule has 24 heavy (non-hydrogen) atoms. The van der Waals surface area contributed by atoms with E-state index in [0.29, 0.717) is 0 Å². The van der Waals surface area contributed by atoms with E-state index in [1.165, 1.54) is 11.1 Å². The standard InChI is InChI=1S/C19H19BrN4/c1-13-6-8-15(9-7-13)12-21-18-11-19(23-14(2)22-18)24-17-5-3-4-16(20)10-17/h3-11H,12H2,1-2H3,(H2,21,22,23,24). The summed E-state index contributed by atoms with van der Waals surface area (Å²) < 4.78 is 1.02. The van der Waals surface area contributed by atoms with E-state index in [1.807, 2.05) is 37.3 Å². The van der Waals surface area contributed by atoms with Gasteiger partial charge >= 0.3 is 0 Å². The van der Waals surface area contributed by atoms with Crippen molar-refractivity contribution < 1.29 is 0 Å². The molecule has 0 aliphatic heterocycles. The summed E-state index contributed by atoms with van der Waals surface area (Å²) in [6, 6.07) is 18.4. The molecule has 1 heterocycles. The van der Waals surface area contributed by atoms with Gasteiger partial charge in [0, 0.05) is 22.8 Å². The summed E-state index contributed by atoms with van der Waals surface area (Å²) in [7, 11) is 0. The van der Waals surface area contributed by atoms with Gasteiger partial charge in [-0.3, -0.25) is 0 Å². The summed E-state index contributed by atoms with van der Waals surface area (Å²) in [6.45, 7) is 4.71. The highest BCUT2D eigenvalue weighted by Crippen LogP contribution is 2.21. The normalized spacial score (nSPS) is 10.5. The van der Waals surface area contributed by atoms with E-state index in [-0.39, 0.29) is 0 Å².